The van der Waals surface area contributed by atoms with Gasteiger partial charge in [0.2, 0.25) is 0 Å². The quantitative estimate of drug-likeness (QED) is 0.487. The molecule has 0 saturated carbocycles. The van der Waals surface area contributed by atoms with Gasteiger partial charge >= 0.3 is 0 Å². The van der Waals surface area contributed by atoms with E-state index in [0.717, 1.165) is 13.1 Å². The van der Waals surface area contributed by atoms with Gasteiger partial charge in [0.1, 0.15) is 0 Å². The summed E-state index contributed by atoms with van der Waals surface area (Å²) < 4.78 is 0. The Morgan fingerprint density at radius 1 is 0.800 bits per heavy atom. The van der Waals surface area contributed by atoms with Crippen molar-refractivity contribution in [3.63, 3.8) is 0 Å². The first-order chi connectivity index (χ1) is 4.97. The summed E-state index contributed by atoms with van der Waals surface area (Å²) in [6.45, 7) is 2.16. The van der Waals surface area contributed by atoms with Crippen LogP contribution < -0.4 is 10.9 Å². The highest BCUT2D eigenvalue weighted by atomic mass is 15.4. The van der Waals surface area contributed by atoms with Gasteiger partial charge in [0.15, 0.2) is 0 Å². The number of hydrogen-bond acceptors (Lipinski definition) is 2. The van der Waals surface area contributed by atoms with Crippen LogP contribution in [-0.4, -0.2) is 13.1 Å². The van der Waals surface area contributed by atoms with E-state index in [1.54, 1.807) is 11.1 Å². The molecule has 0 bridgehead atoms. The molecule has 0 aromatic carbocycles. The highest BCUT2D eigenvalue weighted by Gasteiger charge is 2.14. The lowest BCUT2D eigenvalue weighted by atomic mass is 9.91. The van der Waals surface area contributed by atoms with E-state index in [1.165, 1.54) is 25.7 Å². The predicted molar refractivity (Wildman–Crippen MR) is 41.5 cm³/mol. The molecule has 1 aliphatic carbocycles. The topological polar surface area (TPSA) is 24.1 Å². The summed E-state index contributed by atoms with van der Waals surface area (Å²) in [4.78, 5) is 0. The Bertz CT molecular complexity index is 127. The zero-order valence-electron chi connectivity index (χ0n) is 6.24. The molecule has 1 aliphatic heterocycles. The van der Waals surface area contributed by atoms with Crippen molar-refractivity contribution in [2.75, 3.05) is 13.1 Å². The van der Waals surface area contributed by atoms with Gasteiger partial charge in [-0.25, -0.2) is 0 Å². The normalized spacial score (nSPS) is 26.4. The average Bonchev–Trinajstić information content (AvgIpc) is 2.05. The third-order valence-electron chi connectivity index (χ3n) is 2.44. The van der Waals surface area contributed by atoms with E-state index < -0.39 is 0 Å². The van der Waals surface area contributed by atoms with Crippen LogP contribution in [0.1, 0.15) is 25.7 Å². The molecule has 2 aliphatic rings. The fraction of sp³-hybridized carbons (Fsp3) is 0.750. The second-order valence-electron chi connectivity index (χ2n) is 3.12. The van der Waals surface area contributed by atoms with Gasteiger partial charge < -0.3 is 0 Å². The lowest BCUT2D eigenvalue weighted by Crippen LogP contribution is -2.40. The fourth-order valence-electron chi connectivity index (χ4n) is 1.80. The van der Waals surface area contributed by atoms with E-state index in [4.69, 9.17) is 0 Å². The van der Waals surface area contributed by atoms with Crippen LogP contribution in [-0.2, 0) is 0 Å². The maximum absolute atomic E-state index is 3.18. The molecular weight excluding hydrogens is 124 g/mol. The second kappa shape index (κ2) is 2.72. The van der Waals surface area contributed by atoms with Crippen molar-refractivity contribution in [3.8, 4) is 0 Å². The average molecular weight is 138 g/mol. The van der Waals surface area contributed by atoms with Gasteiger partial charge in [-0.05, 0) is 25.7 Å². The maximum atomic E-state index is 3.18. The minimum atomic E-state index is 1.08. The number of nitrogens with one attached hydrogen (secondary N) is 2. The van der Waals surface area contributed by atoms with Crippen LogP contribution in [0.3, 0.4) is 0 Å². The number of hydrazine groups is 1. The van der Waals surface area contributed by atoms with Crippen LogP contribution in [0.2, 0.25) is 0 Å². The SMILES string of the molecule is C1CCC2=C(C1)CNNC2. The summed E-state index contributed by atoms with van der Waals surface area (Å²) in [5.74, 6) is 0. The Hall–Kier alpha value is -0.340. The molecule has 2 rings (SSSR count). The Labute approximate surface area is 61.7 Å². The van der Waals surface area contributed by atoms with Crippen molar-refractivity contribution in [2.45, 2.75) is 25.7 Å². The smallest absolute Gasteiger partial charge is 0.0313 e. The summed E-state index contributed by atoms with van der Waals surface area (Å²) in [7, 11) is 0. The minimum Gasteiger partial charge on any atom is -0.253 e. The molecule has 0 fully saturated rings. The van der Waals surface area contributed by atoms with E-state index >= 15 is 0 Å². The van der Waals surface area contributed by atoms with E-state index in [1.807, 2.05) is 0 Å². The molecule has 0 spiro atoms. The van der Waals surface area contributed by atoms with Crippen molar-refractivity contribution >= 4 is 0 Å². The second-order valence-corrected chi connectivity index (χ2v) is 3.12. The lowest BCUT2D eigenvalue weighted by molar-refractivity contribution is 0.502. The first-order valence-electron chi connectivity index (χ1n) is 4.12. The Morgan fingerprint density at radius 3 is 1.80 bits per heavy atom. The molecule has 56 valence electrons. The molecule has 1 heterocycles. The third kappa shape index (κ3) is 1.09. The summed E-state index contributed by atoms with van der Waals surface area (Å²) in [5, 5.41) is 0. The van der Waals surface area contributed by atoms with Crippen molar-refractivity contribution in [1.29, 1.82) is 0 Å². The summed E-state index contributed by atoms with van der Waals surface area (Å²) in [6, 6.07) is 0. The number of rotatable bonds is 0. The molecule has 0 amide bonds. The molecule has 2 nitrogen and oxygen atoms in total. The highest BCUT2D eigenvalue weighted by Crippen LogP contribution is 2.24. The van der Waals surface area contributed by atoms with Crippen LogP contribution in [0.15, 0.2) is 11.1 Å². The Morgan fingerprint density at radius 2 is 1.30 bits per heavy atom. The fourth-order valence-corrected chi connectivity index (χ4v) is 1.80. The zero-order valence-corrected chi connectivity index (χ0v) is 6.24. The molecule has 2 N–H and O–H groups in total. The van der Waals surface area contributed by atoms with Crippen molar-refractivity contribution in [3.05, 3.63) is 11.1 Å². The molecule has 10 heavy (non-hydrogen) atoms. The minimum absolute atomic E-state index is 1.08. The molecule has 0 saturated heterocycles. The number of hydrogen-bond donors (Lipinski definition) is 2. The van der Waals surface area contributed by atoms with Crippen LogP contribution in [0.5, 0.6) is 0 Å². The van der Waals surface area contributed by atoms with Crippen LogP contribution in [0.4, 0.5) is 0 Å². The summed E-state index contributed by atoms with van der Waals surface area (Å²) >= 11 is 0. The molecule has 0 radical (unpaired) electrons. The van der Waals surface area contributed by atoms with Crippen LogP contribution in [0.25, 0.3) is 0 Å². The molecule has 0 atom stereocenters. The molecule has 0 aromatic heterocycles. The van der Waals surface area contributed by atoms with E-state index in [-0.39, 0.29) is 0 Å². The predicted octanol–water partition coefficient (Wildman–Crippen LogP) is 0.965. The van der Waals surface area contributed by atoms with Gasteiger partial charge in [0.25, 0.3) is 0 Å². The van der Waals surface area contributed by atoms with E-state index in [9.17, 15) is 0 Å². The third-order valence-corrected chi connectivity index (χ3v) is 2.44. The van der Waals surface area contributed by atoms with Crippen molar-refractivity contribution in [1.82, 2.24) is 10.9 Å². The molecule has 0 aromatic rings. The van der Waals surface area contributed by atoms with Gasteiger partial charge in [-0.2, -0.15) is 0 Å². The Kier molecular flexibility index (Phi) is 1.74. The molecule has 2 heteroatoms. The summed E-state index contributed by atoms with van der Waals surface area (Å²) in [6.07, 6.45) is 5.48. The van der Waals surface area contributed by atoms with E-state index in [2.05, 4.69) is 10.9 Å². The van der Waals surface area contributed by atoms with Gasteiger partial charge in [-0.15, -0.1) is 0 Å². The highest BCUT2D eigenvalue weighted by molar-refractivity contribution is 5.21. The maximum Gasteiger partial charge on any atom is 0.0313 e. The van der Waals surface area contributed by atoms with Crippen LogP contribution in [0, 0.1) is 0 Å². The zero-order chi connectivity index (χ0) is 6.81. The first kappa shape index (κ1) is 6.38. The van der Waals surface area contributed by atoms with Crippen molar-refractivity contribution in [2.24, 2.45) is 0 Å². The van der Waals surface area contributed by atoms with Gasteiger partial charge in [-0.1, -0.05) is 11.1 Å². The van der Waals surface area contributed by atoms with Gasteiger partial charge in [0.05, 0.1) is 0 Å². The van der Waals surface area contributed by atoms with E-state index in [0.29, 0.717) is 0 Å². The van der Waals surface area contributed by atoms with Crippen molar-refractivity contribution < 1.29 is 0 Å². The first-order valence-corrected chi connectivity index (χ1v) is 4.12. The van der Waals surface area contributed by atoms with Crippen LogP contribution >= 0.6 is 0 Å². The molecule has 0 unspecified atom stereocenters. The van der Waals surface area contributed by atoms with Gasteiger partial charge in [-0.3, -0.25) is 10.9 Å². The largest absolute Gasteiger partial charge is 0.253 e. The monoisotopic (exact) mass is 138 g/mol. The Balaban J connectivity index is 2.14. The standard InChI is InChI=1S/C8H14N2/c1-2-4-8-6-10-9-5-7(8)3-1/h9-10H,1-6H2. The lowest BCUT2D eigenvalue weighted by Gasteiger charge is -2.25. The summed E-state index contributed by atoms with van der Waals surface area (Å²) in [5.41, 5.74) is 9.69. The van der Waals surface area contributed by atoms with Gasteiger partial charge in [0, 0.05) is 13.1 Å². The molecular formula is C8H14N2.